The zero-order chi connectivity index (χ0) is 18.7. The molecule has 134 valence electrons. The van der Waals surface area contributed by atoms with E-state index in [2.05, 4.69) is 5.32 Å². The van der Waals surface area contributed by atoms with Crippen LogP contribution in [-0.2, 0) is 16.1 Å². The van der Waals surface area contributed by atoms with Gasteiger partial charge >= 0.3 is 0 Å². The van der Waals surface area contributed by atoms with Gasteiger partial charge in [0, 0.05) is 30.8 Å². The Bertz CT molecular complexity index is 843. The van der Waals surface area contributed by atoms with Crippen molar-refractivity contribution in [1.29, 1.82) is 0 Å². The molecule has 2 aromatic rings. The first kappa shape index (κ1) is 17.9. The molecule has 1 aliphatic heterocycles. The topological polar surface area (TPSA) is 66.5 Å². The molecule has 1 unspecified atom stereocenters. The van der Waals surface area contributed by atoms with Gasteiger partial charge in [0.05, 0.1) is 5.92 Å². The first-order chi connectivity index (χ1) is 12.4. The van der Waals surface area contributed by atoms with Gasteiger partial charge in [-0.15, -0.1) is 0 Å². The number of likely N-dealkylation sites (tertiary alicyclic amines) is 1. The van der Waals surface area contributed by atoms with Gasteiger partial charge in [0.2, 0.25) is 11.8 Å². The zero-order valence-electron chi connectivity index (χ0n) is 15.0. The fraction of sp³-hybridized carbons (Fsp3) is 0.286. The summed E-state index contributed by atoms with van der Waals surface area (Å²) in [5.41, 5.74) is 3.35. The predicted molar refractivity (Wildman–Crippen MR) is 99.8 cm³/mol. The number of carbonyl (C=O) groups excluding carboxylic acids is 3. The number of anilines is 1. The summed E-state index contributed by atoms with van der Waals surface area (Å²) in [6, 6.07) is 14.9. The first-order valence-corrected chi connectivity index (χ1v) is 8.67. The monoisotopic (exact) mass is 350 g/mol. The summed E-state index contributed by atoms with van der Waals surface area (Å²) in [7, 11) is 0. The van der Waals surface area contributed by atoms with E-state index in [0.717, 1.165) is 5.56 Å². The number of amides is 2. The summed E-state index contributed by atoms with van der Waals surface area (Å²) >= 11 is 0. The van der Waals surface area contributed by atoms with E-state index in [4.69, 9.17) is 0 Å². The summed E-state index contributed by atoms with van der Waals surface area (Å²) in [6.07, 6.45) is 0.212. The third-order valence-electron chi connectivity index (χ3n) is 4.62. The number of aryl methyl sites for hydroxylation is 1. The van der Waals surface area contributed by atoms with Crippen molar-refractivity contribution >= 4 is 23.3 Å². The van der Waals surface area contributed by atoms with E-state index in [9.17, 15) is 14.4 Å². The summed E-state index contributed by atoms with van der Waals surface area (Å²) in [6.45, 7) is 4.43. The molecule has 2 amide bonds. The molecule has 1 fully saturated rings. The first-order valence-electron chi connectivity index (χ1n) is 8.67. The number of carbonyl (C=O) groups is 3. The van der Waals surface area contributed by atoms with Crippen molar-refractivity contribution in [2.24, 2.45) is 5.92 Å². The van der Waals surface area contributed by atoms with Crippen LogP contribution in [0.15, 0.2) is 48.5 Å². The molecule has 1 N–H and O–H groups in total. The van der Waals surface area contributed by atoms with E-state index in [1.165, 1.54) is 12.5 Å². The Morgan fingerprint density at radius 3 is 2.58 bits per heavy atom. The third-order valence-corrected chi connectivity index (χ3v) is 4.62. The molecule has 0 radical (unpaired) electrons. The summed E-state index contributed by atoms with van der Waals surface area (Å²) in [4.78, 5) is 37.9. The smallest absolute Gasteiger partial charge is 0.229 e. The van der Waals surface area contributed by atoms with Crippen molar-refractivity contribution in [3.05, 3.63) is 65.2 Å². The maximum Gasteiger partial charge on any atom is 0.229 e. The van der Waals surface area contributed by atoms with E-state index in [1.54, 1.807) is 29.2 Å². The molecule has 1 saturated heterocycles. The summed E-state index contributed by atoms with van der Waals surface area (Å²) in [5, 5.41) is 2.82. The maximum absolute atomic E-state index is 12.5. The molecule has 1 heterocycles. The second-order valence-electron chi connectivity index (χ2n) is 6.79. The average molecular weight is 350 g/mol. The molecule has 1 aliphatic rings. The highest BCUT2D eigenvalue weighted by Gasteiger charge is 2.34. The van der Waals surface area contributed by atoms with E-state index in [1.807, 2.05) is 31.2 Å². The molecule has 5 heteroatoms. The molecule has 0 saturated carbocycles. The van der Waals surface area contributed by atoms with E-state index in [0.29, 0.717) is 24.3 Å². The molecule has 5 nitrogen and oxygen atoms in total. The van der Waals surface area contributed by atoms with Crippen molar-refractivity contribution in [3.8, 4) is 0 Å². The highest BCUT2D eigenvalue weighted by Crippen LogP contribution is 2.22. The van der Waals surface area contributed by atoms with Gasteiger partial charge in [0.1, 0.15) is 0 Å². The van der Waals surface area contributed by atoms with Crippen LogP contribution in [0.2, 0.25) is 0 Å². The van der Waals surface area contributed by atoms with Crippen LogP contribution >= 0.6 is 0 Å². The normalized spacial score (nSPS) is 16.6. The van der Waals surface area contributed by atoms with Gasteiger partial charge in [-0.2, -0.15) is 0 Å². The summed E-state index contributed by atoms with van der Waals surface area (Å²) < 4.78 is 0. The van der Waals surface area contributed by atoms with Crippen LogP contribution < -0.4 is 5.32 Å². The quantitative estimate of drug-likeness (QED) is 0.842. The van der Waals surface area contributed by atoms with E-state index >= 15 is 0 Å². The van der Waals surface area contributed by atoms with Gasteiger partial charge < -0.3 is 10.2 Å². The highest BCUT2D eigenvalue weighted by molar-refractivity contribution is 5.99. The van der Waals surface area contributed by atoms with Crippen LogP contribution in [0.1, 0.15) is 34.8 Å². The van der Waals surface area contributed by atoms with Crippen LogP contribution in [0.5, 0.6) is 0 Å². The van der Waals surface area contributed by atoms with Crippen LogP contribution in [0.25, 0.3) is 0 Å². The van der Waals surface area contributed by atoms with Crippen LogP contribution in [-0.4, -0.2) is 29.0 Å². The van der Waals surface area contributed by atoms with E-state index < -0.39 is 0 Å². The zero-order valence-corrected chi connectivity index (χ0v) is 15.0. The van der Waals surface area contributed by atoms with Gasteiger partial charge in [0.25, 0.3) is 0 Å². The number of hydrogen-bond donors (Lipinski definition) is 1. The number of Topliss-reactive ketones (excluding diaryl/α,β-unsaturated/α-hetero) is 1. The lowest BCUT2D eigenvalue weighted by atomic mass is 10.1. The van der Waals surface area contributed by atoms with Crippen LogP contribution in [0.4, 0.5) is 5.69 Å². The molecule has 0 aromatic heterocycles. The van der Waals surface area contributed by atoms with Crippen molar-refractivity contribution in [3.63, 3.8) is 0 Å². The lowest BCUT2D eigenvalue weighted by molar-refractivity contribution is -0.128. The Balaban J connectivity index is 1.62. The molecular weight excluding hydrogens is 328 g/mol. The number of nitrogens with one attached hydrogen (secondary N) is 1. The van der Waals surface area contributed by atoms with Gasteiger partial charge in [-0.25, -0.2) is 0 Å². The van der Waals surface area contributed by atoms with Crippen molar-refractivity contribution in [2.75, 3.05) is 11.9 Å². The fourth-order valence-corrected chi connectivity index (χ4v) is 3.07. The number of rotatable bonds is 5. The predicted octanol–water partition coefficient (Wildman–Crippen LogP) is 3.18. The molecule has 2 aromatic carbocycles. The minimum atomic E-state index is -0.381. The second-order valence-corrected chi connectivity index (χ2v) is 6.79. The van der Waals surface area contributed by atoms with E-state index in [-0.39, 0.29) is 29.9 Å². The van der Waals surface area contributed by atoms with Gasteiger partial charge in [-0.1, -0.05) is 42.0 Å². The maximum atomic E-state index is 12.5. The van der Waals surface area contributed by atoms with Crippen LogP contribution in [0.3, 0.4) is 0 Å². The fourth-order valence-electron chi connectivity index (χ4n) is 3.07. The van der Waals surface area contributed by atoms with Gasteiger partial charge in [-0.3, -0.25) is 14.4 Å². The summed E-state index contributed by atoms with van der Waals surface area (Å²) in [5.74, 6) is -0.635. The molecule has 1 atom stereocenters. The molecule has 0 aliphatic carbocycles. The third kappa shape index (κ3) is 4.17. The lowest BCUT2D eigenvalue weighted by Gasteiger charge is -2.17. The van der Waals surface area contributed by atoms with Crippen LogP contribution in [0, 0.1) is 12.8 Å². The molecule has 0 bridgehead atoms. The minimum absolute atomic E-state index is 0.0109. The molecule has 0 spiro atoms. The second kappa shape index (κ2) is 7.52. The van der Waals surface area contributed by atoms with Gasteiger partial charge in [-0.05, 0) is 31.5 Å². The molecule has 3 rings (SSSR count). The Morgan fingerprint density at radius 2 is 1.88 bits per heavy atom. The van der Waals surface area contributed by atoms with Crippen molar-refractivity contribution in [1.82, 2.24) is 4.90 Å². The average Bonchev–Trinajstić information content (AvgIpc) is 2.98. The number of nitrogens with zero attached hydrogens (tertiary/aromatic N) is 1. The lowest BCUT2D eigenvalue weighted by Crippen LogP contribution is -2.28. The minimum Gasteiger partial charge on any atom is -0.338 e. The largest absolute Gasteiger partial charge is 0.338 e. The Labute approximate surface area is 153 Å². The Hall–Kier alpha value is -2.95. The standard InChI is InChI=1S/C21H22N2O3/c1-14-6-8-16(9-7-14)12-23-13-18(11-20(23)25)21(26)22-19-5-3-4-17(10-19)15(2)24/h3-10,18H,11-13H2,1-2H3,(H,22,26). The van der Waals surface area contributed by atoms with Gasteiger partial charge in [0.15, 0.2) is 5.78 Å². The highest BCUT2D eigenvalue weighted by atomic mass is 16.2. The number of hydrogen-bond acceptors (Lipinski definition) is 3. The van der Waals surface area contributed by atoms with Crippen molar-refractivity contribution < 1.29 is 14.4 Å². The Kier molecular flexibility index (Phi) is 5.16. The number of ketones is 1. The Morgan fingerprint density at radius 1 is 1.15 bits per heavy atom. The van der Waals surface area contributed by atoms with Crippen molar-refractivity contribution in [2.45, 2.75) is 26.8 Å². The molecular formula is C21H22N2O3. The molecule has 26 heavy (non-hydrogen) atoms. The SMILES string of the molecule is CC(=O)c1cccc(NC(=O)C2CC(=O)N(Cc3ccc(C)cc3)C2)c1. The number of benzene rings is 2.